The smallest absolute Gasteiger partial charge is 0.261 e. The Morgan fingerprint density at radius 3 is 2.59 bits per heavy atom. The number of imide groups is 1. The summed E-state index contributed by atoms with van der Waals surface area (Å²) in [5, 5.41) is 6.26. The molecule has 17 heavy (non-hydrogen) atoms. The van der Waals surface area contributed by atoms with Gasteiger partial charge in [0.1, 0.15) is 5.69 Å². The zero-order chi connectivity index (χ0) is 12.0. The summed E-state index contributed by atoms with van der Waals surface area (Å²) in [5.74, 6) is -1.02. The lowest BCUT2D eigenvalue weighted by Crippen LogP contribution is -2.34. The predicted octanol–water partition coefficient (Wildman–Crippen LogP) is 2.12. The average molecular weight is 226 g/mol. The molecular weight excluding hydrogens is 220 g/mol. The lowest BCUT2D eigenvalue weighted by molar-refractivity contribution is 0.0845. The number of rotatable bonds is 1. The molecule has 2 aromatic rings. The second-order valence-electron chi connectivity index (χ2n) is 3.74. The molecule has 5 heteroatoms. The van der Waals surface area contributed by atoms with E-state index in [0.717, 1.165) is 5.39 Å². The molecule has 0 unspecified atom stereocenters. The van der Waals surface area contributed by atoms with E-state index in [2.05, 4.69) is 10.5 Å². The molecule has 0 aliphatic carbocycles. The summed E-state index contributed by atoms with van der Waals surface area (Å²) in [6.45, 7) is 0. The Kier molecular flexibility index (Phi) is 1.82. The zero-order valence-corrected chi connectivity index (χ0v) is 8.56. The number of hydrogen-bond acceptors (Lipinski definition) is 4. The van der Waals surface area contributed by atoms with Gasteiger partial charge in [-0.15, -0.1) is 4.91 Å². The number of benzene rings is 2. The normalized spacial score (nSPS) is 13.6. The summed E-state index contributed by atoms with van der Waals surface area (Å²) in [5.41, 5.74) is 0.616. The molecule has 0 saturated carbocycles. The second kappa shape index (κ2) is 3.21. The Morgan fingerprint density at radius 1 is 1.00 bits per heavy atom. The lowest BCUT2D eigenvalue weighted by Gasteiger charge is -2.16. The summed E-state index contributed by atoms with van der Waals surface area (Å²) in [4.78, 5) is 34.1. The van der Waals surface area contributed by atoms with Crippen molar-refractivity contribution in [3.05, 3.63) is 46.4 Å². The first-order chi connectivity index (χ1) is 8.22. The maximum absolute atomic E-state index is 11.7. The van der Waals surface area contributed by atoms with Crippen molar-refractivity contribution in [2.45, 2.75) is 0 Å². The number of nitrogens with one attached hydrogen (secondary N) is 1. The van der Waals surface area contributed by atoms with Crippen LogP contribution in [0.1, 0.15) is 20.7 Å². The van der Waals surface area contributed by atoms with Crippen molar-refractivity contribution < 1.29 is 9.59 Å². The summed E-state index contributed by atoms with van der Waals surface area (Å²) in [7, 11) is 0. The van der Waals surface area contributed by atoms with Crippen LogP contribution in [0.2, 0.25) is 0 Å². The largest absolute Gasteiger partial charge is 0.288 e. The van der Waals surface area contributed by atoms with Crippen molar-refractivity contribution in [1.29, 1.82) is 0 Å². The molecule has 1 aliphatic rings. The first kappa shape index (κ1) is 9.65. The van der Waals surface area contributed by atoms with Gasteiger partial charge >= 0.3 is 0 Å². The van der Waals surface area contributed by atoms with E-state index in [1.165, 1.54) is 6.07 Å². The molecule has 0 spiro atoms. The van der Waals surface area contributed by atoms with E-state index in [9.17, 15) is 14.5 Å². The Bertz CT molecular complexity index is 691. The van der Waals surface area contributed by atoms with Crippen LogP contribution in [0.4, 0.5) is 5.69 Å². The molecule has 0 radical (unpaired) electrons. The molecule has 0 bridgehead atoms. The zero-order valence-electron chi connectivity index (χ0n) is 8.56. The van der Waals surface area contributed by atoms with Crippen LogP contribution in [0.3, 0.4) is 0 Å². The summed E-state index contributed by atoms with van der Waals surface area (Å²) < 4.78 is 0. The highest BCUT2D eigenvalue weighted by Crippen LogP contribution is 2.32. The van der Waals surface area contributed by atoms with E-state index >= 15 is 0 Å². The lowest BCUT2D eigenvalue weighted by atomic mass is 9.94. The molecule has 0 fully saturated rings. The first-order valence-corrected chi connectivity index (χ1v) is 4.97. The Balaban J connectivity index is 2.57. The number of nitroso groups, excluding NO2 is 1. The van der Waals surface area contributed by atoms with E-state index < -0.39 is 11.8 Å². The SMILES string of the molecule is O=Nc1ccc2cccc3c2c1C(=O)NC3=O. The van der Waals surface area contributed by atoms with Gasteiger partial charge in [0.2, 0.25) is 0 Å². The maximum atomic E-state index is 11.7. The minimum Gasteiger partial charge on any atom is -0.288 e. The third-order valence-electron chi connectivity index (χ3n) is 2.82. The van der Waals surface area contributed by atoms with Crippen molar-refractivity contribution in [3.63, 3.8) is 0 Å². The molecule has 1 aliphatic heterocycles. The Labute approximate surface area is 95.4 Å². The van der Waals surface area contributed by atoms with Crippen LogP contribution < -0.4 is 5.32 Å². The fourth-order valence-corrected chi connectivity index (χ4v) is 2.10. The van der Waals surface area contributed by atoms with Gasteiger partial charge in [-0.05, 0) is 22.7 Å². The van der Waals surface area contributed by atoms with Crippen LogP contribution in [0.25, 0.3) is 10.8 Å². The van der Waals surface area contributed by atoms with Crippen LogP contribution in [0.15, 0.2) is 35.5 Å². The molecule has 2 aromatic carbocycles. The maximum Gasteiger partial charge on any atom is 0.261 e. The fraction of sp³-hybridized carbons (Fsp3) is 0. The standard InChI is InChI=1S/C12H6N2O3/c15-11-7-3-1-2-6-4-5-8(14-17)10(9(6)7)12(16)13-11/h1-5H,(H,13,15,16). The minimum absolute atomic E-state index is 0.0509. The van der Waals surface area contributed by atoms with Crippen molar-refractivity contribution in [2.75, 3.05) is 0 Å². The van der Waals surface area contributed by atoms with E-state index in [1.807, 2.05) is 0 Å². The number of amides is 2. The topological polar surface area (TPSA) is 75.6 Å². The molecule has 0 atom stereocenters. The molecule has 2 amide bonds. The molecule has 82 valence electrons. The molecule has 0 aromatic heterocycles. The van der Waals surface area contributed by atoms with Gasteiger partial charge in [0.25, 0.3) is 11.8 Å². The molecule has 5 nitrogen and oxygen atoms in total. The quantitative estimate of drug-likeness (QED) is 0.597. The molecule has 0 saturated heterocycles. The average Bonchev–Trinajstić information content (AvgIpc) is 2.35. The molecular formula is C12H6N2O3. The Hall–Kier alpha value is -2.56. The van der Waals surface area contributed by atoms with Crippen molar-refractivity contribution in [3.8, 4) is 0 Å². The highest BCUT2D eigenvalue weighted by Gasteiger charge is 2.27. The van der Waals surface area contributed by atoms with Gasteiger partial charge < -0.3 is 0 Å². The van der Waals surface area contributed by atoms with Crippen LogP contribution in [0.5, 0.6) is 0 Å². The third kappa shape index (κ3) is 1.19. The molecule has 3 rings (SSSR count). The van der Waals surface area contributed by atoms with Crippen LogP contribution in [0, 0.1) is 4.91 Å². The summed E-state index contributed by atoms with van der Waals surface area (Å²) in [6, 6.07) is 8.27. The van der Waals surface area contributed by atoms with Crippen LogP contribution in [-0.4, -0.2) is 11.8 Å². The first-order valence-electron chi connectivity index (χ1n) is 4.97. The van der Waals surface area contributed by atoms with E-state index in [4.69, 9.17) is 0 Å². The van der Waals surface area contributed by atoms with Crippen LogP contribution in [-0.2, 0) is 0 Å². The second-order valence-corrected chi connectivity index (χ2v) is 3.74. The van der Waals surface area contributed by atoms with Crippen molar-refractivity contribution in [1.82, 2.24) is 5.32 Å². The number of carbonyl (C=O) groups is 2. The van der Waals surface area contributed by atoms with Gasteiger partial charge in [0.15, 0.2) is 0 Å². The molecule has 1 N–H and O–H groups in total. The fourth-order valence-electron chi connectivity index (χ4n) is 2.10. The summed E-state index contributed by atoms with van der Waals surface area (Å²) >= 11 is 0. The number of nitrogens with zero attached hydrogens (tertiary/aromatic N) is 1. The minimum atomic E-state index is -0.575. The van der Waals surface area contributed by atoms with Crippen molar-refractivity contribution >= 4 is 28.3 Å². The van der Waals surface area contributed by atoms with Gasteiger partial charge in [-0.1, -0.05) is 18.2 Å². The van der Waals surface area contributed by atoms with Crippen molar-refractivity contribution in [2.24, 2.45) is 5.18 Å². The van der Waals surface area contributed by atoms with Crippen LogP contribution >= 0.6 is 0 Å². The molecule has 1 heterocycles. The highest BCUT2D eigenvalue weighted by molar-refractivity contribution is 6.27. The van der Waals surface area contributed by atoms with Gasteiger partial charge in [-0.2, -0.15) is 0 Å². The van der Waals surface area contributed by atoms with Gasteiger partial charge in [0, 0.05) is 10.9 Å². The Morgan fingerprint density at radius 2 is 1.82 bits per heavy atom. The van der Waals surface area contributed by atoms with E-state index in [0.29, 0.717) is 10.9 Å². The van der Waals surface area contributed by atoms with Gasteiger partial charge in [0.05, 0.1) is 5.56 Å². The van der Waals surface area contributed by atoms with E-state index in [-0.39, 0.29) is 11.3 Å². The number of carbonyl (C=O) groups excluding carboxylic acids is 2. The summed E-state index contributed by atoms with van der Waals surface area (Å²) in [6.07, 6.45) is 0. The third-order valence-corrected chi connectivity index (χ3v) is 2.82. The van der Waals surface area contributed by atoms with Gasteiger partial charge in [-0.3, -0.25) is 14.9 Å². The highest BCUT2D eigenvalue weighted by atomic mass is 16.3. The monoisotopic (exact) mass is 226 g/mol. The number of hydrogen-bond donors (Lipinski definition) is 1. The van der Waals surface area contributed by atoms with E-state index in [1.54, 1.807) is 24.3 Å². The van der Waals surface area contributed by atoms with Gasteiger partial charge in [-0.25, -0.2) is 0 Å². The predicted molar refractivity (Wildman–Crippen MR) is 61.2 cm³/mol.